The summed E-state index contributed by atoms with van der Waals surface area (Å²) in [7, 11) is 0. The molecule has 4 aromatic rings. The van der Waals surface area contributed by atoms with Crippen LogP contribution in [0.15, 0.2) is 70.0 Å². The number of fused-ring (bicyclic) bond motifs is 1. The molecule has 0 aliphatic carbocycles. The van der Waals surface area contributed by atoms with Crippen molar-refractivity contribution in [3.8, 4) is 5.75 Å². The third kappa shape index (κ3) is 7.19. The van der Waals surface area contributed by atoms with Gasteiger partial charge in [0.2, 0.25) is 0 Å². The average molecular weight is 521 g/mol. The van der Waals surface area contributed by atoms with Crippen LogP contribution in [-0.2, 0) is 33.8 Å². The van der Waals surface area contributed by atoms with Crippen molar-refractivity contribution in [3.63, 3.8) is 0 Å². The highest BCUT2D eigenvalue weighted by molar-refractivity contribution is 5.82. The highest BCUT2D eigenvalue weighted by Gasteiger charge is 2.26. The Hall–Kier alpha value is -4.67. The second kappa shape index (κ2) is 11.2. The lowest BCUT2D eigenvalue weighted by molar-refractivity contribution is -0.147. The van der Waals surface area contributed by atoms with Crippen LogP contribution in [0.25, 0.3) is 11.0 Å². The number of carbonyl (C=O) groups is 2. The molecule has 0 bridgehead atoms. The number of rotatable bonds is 8. The normalized spacial score (nSPS) is 12.2. The number of phenolic OH excluding ortho intramolecular Hbond substituents is 1. The van der Waals surface area contributed by atoms with Crippen LogP contribution in [0.4, 0.5) is 4.79 Å². The number of alkyl carbamates (subject to hydrolysis) is 1. The Morgan fingerprint density at radius 2 is 1.89 bits per heavy atom. The first-order chi connectivity index (χ1) is 18.1. The summed E-state index contributed by atoms with van der Waals surface area (Å²) < 4.78 is 17.4. The van der Waals surface area contributed by atoms with E-state index in [9.17, 15) is 19.5 Å². The van der Waals surface area contributed by atoms with E-state index in [1.54, 1.807) is 33.0 Å². The number of hydrogen-bond donors (Lipinski definition) is 2. The Morgan fingerprint density at radius 3 is 2.63 bits per heavy atom. The molecule has 11 nitrogen and oxygen atoms in total. The summed E-state index contributed by atoms with van der Waals surface area (Å²) in [6.45, 7) is 5.22. The van der Waals surface area contributed by atoms with Gasteiger partial charge in [0.25, 0.3) is 0 Å². The van der Waals surface area contributed by atoms with Crippen molar-refractivity contribution in [2.24, 2.45) is 0 Å². The third-order valence-electron chi connectivity index (χ3n) is 5.35. The van der Waals surface area contributed by atoms with Gasteiger partial charge in [0, 0.05) is 23.9 Å². The minimum absolute atomic E-state index is 0.0191. The fourth-order valence-electron chi connectivity index (χ4n) is 3.74. The summed E-state index contributed by atoms with van der Waals surface area (Å²) in [6, 6.07) is 14.1. The van der Waals surface area contributed by atoms with Crippen LogP contribution in [0, 0.1) is 0 Å². The summed E-state index contributed by atoms with van der Waals surface area (Å²) in [5, 5.41) is 21.0. The first-order valence-electron chi connectivity index (χ1n) is 11.9. The van der Waals surface area contributed by atoms with Crippen molar-refractivity contribution in [2.45, 2.75) is 52.0 Å². The van der Waals surface area contributed by atoms with Gasteiger partial charge in [0.15, 0.2) is 0 Å². The van der Waals surface area contributed by atoms with Crippen LogP contribution in [0.1, 0.15) is 37.6 Å². The fourth-order valence-corrected chi connectivity index (χ4v) is 3.74. The molecule has 2 N–H and O–H groups in total. The molecule has 1 atom stereocenters. The van der Waals surface area contributed by atoms with Crippen molar-refractivity contribution in [2.75, 3.05) is 0 Å². The number of aromatic hydroxyl groups is 1. The zero-order valence-electron chi connectivity index (χ0n) is 21.2. The van der Waals surface area contributed by atoms with E-state index in [0.29, 0.717) is 16.6 Å². The lowest BCUT2D eigenvalue weighted by Gasteiger charge is -2.23. The Labute approximate surface area is 218 Å². The minimum Gasteiger partial charge on any atom is -0.508 e. The maximum Gasteiger partial charge on any atom is 0.408 e. The number of aromatic nitrogens is 3. The molecule has 0 saturated heterocycles. The number of benzene rings is 2. The summed E-state index contributed by atoms with van der Waals surface area (Å²) in [4.78, 5) is 37.2. The number of carbonyl (C=O) groups excluding carboxylic acids is 2. The number of nitrogens with one attached hydrogen (secondary N) is 1. The highest BCUT2D eigenvalue weighted by atomic mass is 16.6. The van der Waals surface area contributed by atoms with Crippen molar-refractivity contribution in [1.29, 1.82) is 0 Å². The summed E-state index contributed by atoms with van der Waals surface area (Å²) in [6.07, 6.45) is 1.07. The highest BCUT2D eigenvalue weighted by Crippen LogP contribution is 2.22. The third-order valence-corrected chi connectivity index (χ3v) is 5.35. The second-order valence-electron chi connectivity index (χ2n) is 9.67. The van der Waals surface area contributed by atoms with E-state index >= 15 is 0 Å². The molecule has 198 valence electrons. The SMILES string of the molecule is CC(C)(C)OC(=O)N[C@@H](Cc1ccccc1)C(=O)OCc1cn(Cc2cc(=O)oc3cc(O)ccc23)nn1. The van der Waals surface area contributed by atoms with E-state index < -0.39 is 29.3 Å². The molecule has 0 fully saturated rings. The molecule has 0 saturated carbocycles. The quantitative estimate of drug-likeness (QED) is 0.264. The van der Waals surface area contributed by atoms with E-state index in [4.69, 9.17) is 13.9 Å². The average Bonchev–Trinajstić information content (AvgIpc) is 3.28. The lowest BCUT2D eigenvalue weighted by Crippen LogP contribution is -2.45. The number of phenols is 1. The molecule has 11 heteroatoms. The van der Waals surface area contributed by atoms with Crippen LogP contribution >= 0.6 is 0 Å². The summed E-state index contributed by atoms with van der Waals surface area (Å²) >= 11 is 0. The number of ether oxygens (including phenoxy) is 2. The number of hydrogen-bond acceptors (Lipinski definition) is 9. The van der Waals surface area contributed by atoms with Crippen LogP contribution in [0.5, 0.6) is 5.75 Å². The van der Waals surface area contributed by atoms with Gasteiger partial charge in [-0.15, -0.1) is 5.10 Å². The van der Waals surface area contributed by atoms with E-state index in [2.05, 4.69) is 15.6 Å². The number of esters is 1. The Balaban J connectivity index is 1.43. The Bertz CT molecular complexity index is 1490. The first-order valence-corrected chi connectivity index (χ1v) is 11.9. The van der Waals surface area contributed by atoms with Gasteiger partial charge in [-0.25, -0.2) is 19.1 Å². The molecular formula is C27H28N4O7. The maximum absolute atomic E-state index is 12.9. The molecule has 2 heterocycles. The molecule has 0 spiro atoms. The molecule has 4 rings (SSSR count). The van der Waals surface area contributed by atoms with Gasteiger partial charge < -0.3 is 24.3 Å². The van der Waals surface area contributed by atoms with Gasteiger partial charge in [-0.2, -0.15) is 0 Å². The van der Waals surface area contributed by atoms with E-state index in [1.807, 2.05) is 30.3 Å². The topological polar surface area (TPSA) is 146 Å². The van der Waals surface area contributed by atoms with Crippen molar-refractivity contribution >= 4 is 23.0 Å². The van der Waals surface area contributed by atoms with Gasteiger partial charge in [-0.3, -0.25) is 0 Å². The van der Waals surface area contributed by atoms with Gasteiger partial charge in [0.05, 0.1) is 12.7 Å². The van der Waals surface area contributed by atoms with Gasteiger partial charge >= 0.3 is 17.7 Å². The van der Waals surface area contributed by atoms with Crippen LogP contribution in [-0.4, -0.2) is 43.8 Å². The Morgan fingerprint density at radius 1 is 1.13 bits per heavy atom. The molecule has 0 unspecified atom stereocenters. The monoisotopic (exact) mass is 520 g/mol. The van der Waals surface area contributed by atoms with Gasteiger partial charge in [-0.05, 0) is 44.0 Å². The predicted molar refractivity (Wildman–Crippen MR) is 136 cm³/mol. The zero-order valence-corrected chi connectivity index (χ0v) is 21.2. The standard InChI is InChI=1S/C27H28N4O7/c1-27(2,3)38-26(35)28-22(11-17-7-5-4-6-8-17)25(34)36-16-19-15-31(30-29-19)14-18-12-24(33)37-23-13-20(32)9-10-21(18)23/h4-10,12-13,15,22,32H,11,14,16H2,1-3H3,(H,28,35)/t22-/m0/s1. The molecule has 0 aliphatic heterocycles. The van der Waals surface area contributed by atoms with E-state index in [-0.39, 0.29) is 30.9 Å². The second-order valence-corrected chi connectivity index (χ2v) is 9.67. The largest absolute Gasteiger partial charge is 0.508 e. The van der Waals surface area contributed by atoms with Gasteiger partial charge in [-0.1, -0.05) is 35.5 Å². The van der Waals surface area contributed by atoms with Crippen molar-refractivity contribution in [1.82, 2.24) is 20.3 Å². The molecular weight excluding hydrogens is 492 g/mol. The lowest BCUT2D eigenvalue weighted by atomic mass is 10.1. The van der Waals surface area contributed by atoms with Crippen molar-refractivity contribution in [3.05, 3.63) is 88.0 Å². The predicted octanol–water partition coefficient (Wildman–Crippen LogP) is 3.32. The molecule has 2 aromatic heterocycles. The van der Waals surface area contributed by atoms with Crippen LogP contribution in [0.2, 0.25) is 0 Å². The zero-order chi connectivity index (χ0) is 27.3. The smallest absolute Gasteiger partial charge is 0.408 e. The molecule has 38 heavy (non-hydrogen) atoms. The molecule has 2 aromatic carbocycles. The van der Waals surface area contributed by atoms with E-state index in [0.717, 1.165) is 5.56 Å². The first kappa shape index (κ1) is 26.4. The molecule has 0 aliphatic rings. The van der Waals surface area contributed by atoms with Crippen LogP contribution < -0.4 is 10.9 Å². The van der Waals surface area contributed by atoms with E-state index in [1.165, 1.54) is 22.9 Å². The Kier molecular flexibility index (Phi) is 7.75. The maximum atomic E-state index is 12.9. The number of nitrogens with zero attached hydrogens (tertiary/aromatic N) is 3. The molecule has 0 radical (unpaired) electrons. The number of amides is 1. The molecule has 1 amide bonds. The summed E-state index contributed by atoms with van der Waals surface area (Å²) in [5.41, 5.74) is 0.797. The van der Waals surface area contributed by atoms with Crippen LogP contribution in [0.3, 0.4) is 0 Å². The van der Waals surface area contributed by atoms with Gasteiger partial charge in [0.1, 0.15) is 35.3 Å². The fraction of sp³-hybridized carbons (Fsp3) is 0.296. The summed E-state index contributed by atoms with van der Waals surface area (Å²) in [5.74, 6) is -0.671. The van der Waals surface area contributed by atoms with Crippen molar-refractivity contribution < 1.29 is 28.6 Å². The minimum atomic E-state index is -0.978.